The Kier molecular flexibility index (Phi) is 4.62. The number of aliphatic hydroxyl groups excluding tert-OH is 1. The van der Waals surface area contributed by atoms with Crippen LogP contribution in [-0.2, 0) is 0 Å². The van der Waals surface area contributed by atoms with Crippen LogP contribution in [0.2, 0.25) is 0 Å². The number of hydrogen-bond donors (Lipinski definition) is 3. The Labute approximate surface area is 121 Å². The SMILES string of the molecule is CNc1ncnc(NCC(O)c2ccccc2)c1[N+](=O)[O-]. The molecule has 0 bridgehead atoms. The number of rotatable bonds is 6. The molecule has 8 nitrogen and oxygen atoms in total. The molecule has 0 aliphatic carbocycles. The summed E-state index contributed by atoms with van der Waals surface area (Å²) in [6.45, 7) is 0.102. The molecule has 110 valence electrons. The van der Waals surface area contributed by atoms with Gasteiger partial charge in [-0.05, 0) is 5.56 Å². The Morgan fingerprint density at radius 3 is 2.57 bits per heavy atom. The summed E-state index contributed by atoms with van der Waals surface area (Å²) in [5, 5.41) is 26.6. The minimum atomic E-state index is -0.793. The minimum Gasteiger partial charge on any atom is -0.387 e. The maximum atomic E-state index is 11.1. The summed E-state index contributed by atoms with van der Waals surface area (Å²) in [5.41, 5.74) is 0.468. The van der Waals surface area contributed by atoms with Crippen LogP contribution in [0.3, 0.4) is 0 Å². The third-order valence-corrected chi connectivity index (χ3v) is 2.89. The number of nitrogens with zero attached hydrogens (tertiary/aromatic N) is 3. The molecule has 1 heterocycles. The fourth-order valence-corrected chi connectivity index (χ4v) is 1.85. The molecule has 1 aromatic carbocycles. The molecule has 0 spiro atoms. The van der Waals surface area contributed by atoms with Crippen molar-refractivity contribution in [2.75, 3.05) is 24.2 Å². The molecule has 0 saturated heterocycles. The van der Waals surface area contributed by atoms with Gasteiger partial charge < -0.3 is 15.7 Å². The molecule has 8 heteroatoms. The maximum absolute atomic E-state index is 11.1. The standard InChI is InChI=1S/C13H15N5O3/c1-14-12-11(18(20)21)13(17-8-16-12)15-7-10(19)9-5-3-2-4-6-9/h2-6,8,10,19H,7H2,1H3,(H2,14,15,16,17). The van der Waals surface area contributed by atoms with Crippen molar-refractivity contribution in [1.29, 1.82) is 0 Å². The first kappa shape index (κ1) is 14.7. The molecule has 0 saturated carbocycles. The number of aromatic nitrogens is 2. The van der Waals surface area contributed by atoms with Crippen molar-refractivity contribution < 1.29 is 10.0 Å². The van der Waals surface area contributed by atoms with Gasteiger partial charge in [-0.25, -0.2) is 9.97 Å². The van der Waals surface area contributed by atoms with Crippen molar-refractivity contribution in [2.45, 2.75) is 6.10 Å². The van der Waals surface area contributed by atoms with Gasteiger partial charge in [0.15, 0.2) is 0 Å². The highest BCUT2D eigenvalue weighted by atomic mass is 16.6. The zero-order valence-corrected chi connectivity index (χ0v) is 11.4. The second kappa shape index (κ2) is 6.62. The minimum absolute atomic E-state index is 0.0642. The molecule has 0 fully saturated rings. The first-order valence-corrected chi connectivity index (χ1v) is 6.27. The lowest BCUT2D eigenvalue weighted by atomic mass is 10.1. The van der Waals surface area contributed by atoms with E-state index in [4.69, 9.17) is 0 Å². The van der Waals surface area contributed by atoms with Gasteiger partial charge >= 0.3 is 5.69 Å². The van der Waals surface area contributed by atoms with Gasteiger partial charge in [0.1, 0.15) is 6.33 Å². The van der Waals surface area contributed by atoms with Crippen molar-refractivity contribution in [1.82, 2.24) is 9.97 Å². The second-order valence-electron chi connectivity index (χ2n) is 4.23. The molecule has 0 aliphatic heterocycles. The third-order valence-electron chi connectivity index (χ3n) is 2.89. The van der Waals surface area contributed by atoms with Crippen molar-refractivity contribution in [3.8, 4) is 0 Å². The van der Waals surface area contributed by atoms with Gasteiger partial charge in [-0.15, -0.1) is 0 Å². The van der Waals surface area contributed by atoms with Gasteiger partial charge in [-0.3, -0.25) is 10.1 Å². The Morgan fingerprint density at radius 2 is 1.95 bits per heavy atom. The van der Waals surface area contributed by atoms with Crippen LogP contribution in [0.1, 0.15) is 11.7 Å². The highest BCUT2D eigenvalue weighted by Gasteiger charge is 2.22. The Hall–Kier alpha value is -2.74. The van der Waals surface area contributed by atoms with Crippen LogP contribution in [0.25, 0.3) is 0 Å². The molecular formula is C13H15N5O3. The molecule has 0 amide bonds. The Morgan fingerprint density at radius 1 is 1.29 bits per heavy atom. The molecular weight excluding hydrogens is 274 g/mol. The van der Waals surface area contributed by atoms with Crippen LogP contribution in [-0.4, -0.2) is 33.6 Å². The lowest BCUT2D eigenvalue weighted by Crippen LogP contribution is -2.15. The molecule has 0 radical (unpaired) electrons. The van der Waals surface area contributed by atoms with E-state index in [-0.39, 0.29) is 23.9 Å². The van der Waals surface area contributed by atoms with E-state index in [2.05, 4.69) is 20.6 Å². The second-order valence-corrected chi connectivity index (χ2v) is 4.23. The van der Waals surface area contributed by atoms with Crippen LogP contribution in [0.15, 0.2) is 36.7 Å². The number of aliphatic hydroxyl groups is 1. The fourth-order valence-electron chi connectivity index (χ4n) is 1.85. The van der Waals surface area contributed by atoms with Crippen LogP contribution in [0.4, 0.5) is 17.3 Å². The van der Waals surface area contributed by atoms with Crippen molar-refractivity contribution in [3.63, 3.8) is 0 Å². The number of anilines is 2. The number of hydrogen-bond acceptors (Lipinski definition) is 7. The predicted octanol–water partition coefficient (Wildman–Crippen LogP) is 1.57. The van der Waals surface area contributed by atoms with Gasteiger partial charge in [-0.2, -0.15) is 0 Å². The molecule has 0 aliphatic rings. The fraction of sp³-hybridized carbons (Fsp3) is 0.231. The molecule has 2 aromatic rings. The van der Waals surface area contributed by atoms with Gasteiger partial charge in [-0.1, -0.05) is 30.3 Å². The normalized spacial score (nSPS) is 11.7. The van der Waals surface area contributed by atoms with E-state index in [0.29, 0.717) is 0 Å². The van der Waals surface area contributed by atoms with Crippen molar-refractivity contribution in [2.24, 2.45) is 0 Å². The summed E-state index contributed by atoms with van der Waals surface area (Å²) in [6, 6.07) is 9.02. The number of benzene rings is 1. The zero-order valence-electron chi connectivity index (χ0n) is 11.4. The third kappa shape index (κ3) is 3.42. The van der Waals surface area contributed by atoms with Crippen molar-refractivity contribution in [3.05, 3.63) is 52.3 Å². The Bertz CT molecular complexity index is 620. The average Bonchev–Trinajstić information content (AvgIpc) is 2.52. The van der Waals surface area contributed by atoms with Gasteiger partial charge in [0, 0.05) is 13.6 Å². The summed E-state index contributed by atoms with van der Waals surface area (Å²) in [4.78, 5) is 18.2. The van der Waals surface area contributed by atoms with Gasteiger partial charge in [0.2, 0.25) is 11.6 Å². The van der Waals surface area contributed by atoms with Gasteiger partial charge in [0.25, 0.3) is 0 Å². The Balaban J connectivity index is 2.15. The lowest BCUT2D eigenvalue weighted by Gasteiger charge is -2.13. The van der Waals surface area contributed by atoms with Crippen LogP contribution >= 0.6 is 0 Å². The molecule has 3 N–H and O–H groups in total. The first-order valence-electron chi connectivity index (χ1n) is 6.27. The molecule has 21 heavy (non-hydrogen) atoms. The quantitative estimate of drug-likeness (QED) is 0.546. The van der Waals surface area contributed by atoms with E-state index in [1.807, 2.05) is 18.2 Å². The summed E-state index contributed by atoms with van der Waals surface area (Å²) < 4.78 is 0. The van der Waals surface area contributed by atoms with E-state index in [1.165, 1.54) is 13.4 Å². The van der Waals surface area contributed by atoms with Gasteiger partial charge in [0.05, 0.1) is 11.0 Å². The monoisotopic (exact) mass is 289 g/mol. The zero-order chi connectivity index (χ0) is 15.2. The first-order chi connectivity index (χ1) is 10.1. The average molecular weight is 289 g/mol. The van der Waals surface area contributed by atoms with E-state index in [0.717, 1.165) is 5.56 Å². The van der Waals surface area contributed by atoms with E-state index in [1.54, 1.807) is 12.1 Å². The largest absolute Gasteiger partial charge is 0.387 e. The molecule has 1 aromatic heterocycles. The lowest BCUT2D eigenvalue weighted by molar-refractivity contribution is -0.383. The molecule has 2 rings (SSSR count). The number of nitrogens with one attached hydrogen (secondary N) is 2. The number of nitro groups is 1. The summed E-state index contributed by atoms with van der Waals surface area (Å²) in [7, 11) is 1.54. The smallest absolute Gasteiger partial charge is 0.353 e. The van der Waals surface area contributed by atoms with Crippen molar-refractivity contribution >= 4 is 17.3 Å². The molecule has 1 unspecified atom stereocenters. The highest BCUT2D eigenvalue weighted by Crippen LogP contribution is 2.28. The summed E-state index contributed by atoms with van der Waals surface area (Å²) >= 11 is 0. The summed E-state index contributed by atoms with van der Waals surface area (Å²) in [6.07, 6.45) is 0.426. The predicted molar refractivity (Wildman–Crippen MR) is 78.1 cm³/mol. The van der Waals surface area contributed by atoms with E-state index >= 15 is 0 Å². The van der Waals surface area contributed by atoms with E-state index < -0.39 is 11.0 Å². The molecule has 1 atom stereocenters. The topological polar surface area (TPSA) is 113 Å². The maximum Gasteiger partial charge on any atom is 0.353 e. The van der Waals surface area contributed by atoms with Crippen LogP contribution < -0.4 is 10.6 Å². The highest BCUT2D eigenvalue weighted by molar-refractivity contribution is 5.69. The van der Waals surface area contributed by atoms with Crippen LogP contribution in [0.5, 0.6) is 0 Å². The van der Waals surface area contributed by atoms with Crippen LogP contribution in [0, 0.1) is 10.1 Å². The van der Waals surface area contributed by atoms with E-state index in [9.17, 15) is 15.2 Å². The summed E-state index contributed by atoms with van der Waals surface area (Å²) in [5.74, 6) is 0.182.